The zero-order valence-electron chi connectivity index (χ0n) is 14.0. The van der Waals surface area contributed by atoms with Gasteiger partial charge in [-0.25, -0.2) is 4.98 Å². The lowest BCUT2D eigenvalue weighted by molar-refractivity contribution is 0.0987. The molecule has 2 heterocycles. The van der Waals surface area contributed by atoms with Crippen molar-refractivity contribution in [3.8, 4) is 5.75 Å². The lowest BCUT2D eigenvalue weighted by atomic mass is 10.1. The maximum absolute atomic E-state index is 11.6. The molecule has 0 aliphatic carbocycles. The van der Waals surface area contributed by atoms with Gasteiger partial charge in [-0.15, -0.1) is 0 Å². The average Bonchev–Trinajstić information content (AvgIpc) is 3.07. The van der Waals surface area contributed by atoms with Crippen LogP contribution in [0.4, 0.5) is 0 Å². The third-order valence-corrected chi connectivity index (χ3v) is 4.86. The molecule has 0 spiro atoms. The second-order valence-corrected chi connectivity index (χ2v) is 6.60. The largest absolute Gasteiger partial charge is 0.491 e. The fraction of sp³-hybridized carbons (Fsp3) is 0.263. The summed E-state index contributed by atoms with van der Waals surface area (Å²) in [6.45, 7) is 2.03. The van der Waals surface area contributed by atoms with E-state index in [1.807, 2.05) is 41.9 Å². The molecule has 130 valence electrons. The lowest BCUT2D eigenvalue weighted by Crippen LogP contribution is -2.20. The number of aromatic nitrogens is 2. The molecule has 1 aromatic carbocycles. The van der Waals surface area contributed by atoms with Crippen molar-refractivity contribution < 1.29 is 14.6 Å². The van der Waals surface area contributed by atoms with Crippen LogP contribution in [0.15, 0.2) is 60.0 Å². The molecule has 0 fully saturated rings. The molecule has 3 rings (SSSR count). The van der Waals surface area contributed by atoms with E-state index in [0.29, 0.717) is 23.5 Å². The summed E-state index contributed by atoms with van der Waals surface area (Å²) in [5.74, 6) is 1.23. The van der Waals surface area contributed by atoms with Gasteiger partial charge >= 0.3 is 0 Å². The first-order valence-electron chi connectivity index (χ1n) is 8.16. The van der Waals surface area contributed by atoms with Gasteiger partial charge in [-0.3, -0.25) is 9.20 Å². The van der Waals surface area contributed by atoms with E-state index in [1.54, 1.807) is 24.3 Å². The van der Waals surface area contributed by atoms with Gasteiger partial charge in [-0.05, 0) is 36.4 Å². The second-order valence-electron chi connectivity index (χ2n) is 5.61. The Bertz CT molecular complexity index is 845. The lowest BCUT2D eigenvalue weighted by Gasteiger charge is -2.12. The predicted octanol–water partition coefficient (Wildman–Crippen LogP) is 3.46. The second kappa shape index (κ2) is 8.18. The van der Waals surface area contributed by atoms with Gasteiger partial charge in [0.05, 0.1) is 17.8 Å². The molecule has 0 amide bonds. The van der Waals surface area contributed by atoms with Crippen LogP contribution < -0.4 is 4.74 Å². The third-order valence-electron chi connectivity index (χ3n) is 3.75. The zero-order valence-corrected chi connectivity index (χ0v) is 14.8. The molecular formula is C19H20N2O3S. The normalized spacial score (nSPS) is 12.2. The first kappa shape index (κ1) is 17.5. The molecule has 0 saturated carbocycles. The SMILES string of the molecule is CCC(=O)c1ccc(OCC(O)CSc2ncc3ccccn23)cc1. The Morgan fingerprint density at radius 3 is 2.84 bits per heavy atom. The van der Waals surface area contributed by atoms with E-state index >= 15 is 0 Å². The fourth-order valence-corrected chi connectivity index (χ4v) is 3.25. The highest BCUT2D eigenvalue weighted by Gasteiger charge is 2.10. The molecule has 0 aliphatic heterocycles. The van der Waals surface area contributed by atoms with Crippen LogP contribution in [0.3, 0.4) is 0 Å². The van der Waals surface area contributed by atoms with Crippen molar-refractivity contribution in [3.63, 3.8) is 0 Å². The summed E-state index contributed by atoms with van der Waals surface area (Å²) in [6, 6.07) is 12.9. The van der Waals surface area contributed by atoms with Gasteiger partial charge in [-0.2, -0.15) is 0 Å². The van der Waals surface area contributed by atoms with Crippen molar-refractivity contribution in [1.82, 2.24) is 9.38 Å². The molecule has 6 heteroatoms. The summed E-state index contributed by atoms with van der Waals surface area (Å²) in [5, 5.41) is 11.0. The maximum Gasteiger partial charge on any atom is 0.172 e. The van der Waals surface area contributed by atoms with Gasteiger partial charge in [0.2, 0.25) is 0 Å². The summed E-state index contributed by atoms with van der Waals surface area (Å²) >= 11 is 1.49. The first-order valence-corrected chi connectivity index (χ1v) is 9.15. The number of rotatable bonds is 8. The summed E-state index contributed by atoms with van der Waals surface area (Å²) in [4.78, 5) is 16.0. The van der Waals surface area contributed by atoms with E-state index in [4.69, 9.17) is 4.74 Å². The van der Waals surface area contributed by atoms with Crippen LogP contribution in [0.2, 0.25) is 0 Å². The van der Waals surface area contributed by atoms with Crippen LogP contribution in [0.25, 0.3) is 5.52 Å². The predicted molar refractivity (Wildman–Crippen MR) is 98.5 cm³/mol. The molecule has 2 aromatic heterocycles. The Morgan fingerprint density at radius 2 is 2.08 bits per heavy atom. The van der Waals surface area contributed by atoms with Crippen molar-refractivity contribution in [2.75, 3.05) is 12.4 Å². The molecule has 5 nitrogen and oxygen atoms in total. The number of Topliss-reactive ketones (excluding diaryl/α,β-unsaturated/α-hetero) is 1. The topological polar surface area (TPSA) is 63.8 Å². The highest BCUT2D eigenvalue weighted by atomic mass is 32.2. The number of hydrogen-bond acceptors (Lipinski definition) is 5. The van der Waals surface area contributed by atoms with Crippen LogP contribution >= 0.6 is 11.8 Å². The first-order chi connectivity index (χ1) is 12.2. The molecule has 0 radical (unpaired) electrons. The molecule has 0 aliphatic rings. The van der Waals surface area contributed by atoms with Gasteiger partial charge < -0.3 is 9.84 Å². The standard InChI is InChI=1S/C19H20N2O3S/c1-2-18(23)14-6-8-17(9-7-14)24-12-16(22)13-25-19-20-11-15-5-3-4-10-21(15)19/h3-11,16,22H,2,12-13H2,1H3. The monoisotopic (exact) mass is 356 g/mol. The summed E-state index contributed by atoms with van der Waals surface area (Å²) in [5.41, 5.74) is 1.70. The third kappa shape index (κ3) is 4.41. The summed E-state index contributed by atoms with van der Waals surface area (Å²) in [6.07, 6.45) is 3.63. The highest BCUT2D eigenvalue weighted by Crippen LogP contribution is 2.20. The van der Waals surface area contributed by atoms with Crippen LogP contribution in [-0.4, -0.2) is 38.7 Å². The number of imidazole rings is 1. The quantitative estimate of drug-likeness (QED) is 0.495. The minimum Gasteiger partial charge on any atom is -0.491 e. The highest BCUT2D eigenvalue weighted by molar-refractivity contribution is 7.99. The van der Waals surface area contributed by atoms with E-state index in [9.17, 15) is 9.90 Å². The molecular weight excluding hydrogens is 336 g/mol. The summed E-state index contributed by atoms with van der Waals surface area (Å²) in [7, 11) is 0. The number of aliphatic hydroxyl groups excluding tert-OH is 1. The molecule has 0 saturated heterocycles. The smallest absolute Gasteiger partial charge is 0.172 e. The molecule has 1 atom stereocenters. The van der Waals surface area contributed by atoms with Gasteiger partial charge in [0, 0.05) is 23.9 Å². The van der Waals surface area contributed by atoms with E-state index in [2.05, 4.69) is 4.98 Å². The van der Waals surface area contributed by atoms with E-state index in [0.717, 1.165) is 10.7 Å². The minimum absolute atomic E-state index is 0.106. The summed E-state index contributed by atoms with van der Waals surface area (Å²) < 4.78 is 7.58. The van der Waals surface area contributed by atoms with Crippen molar-refractivity contribution in [3.05, 3.63) is 60.4 Å². The number of fused-ring (bicyclic) bond motifs is 1. The molecule has 0 bridgehead atoms. The van der Waals surface area contributed by atoms with E-state index < -0.39 is 6.10 Å². The number of benzene rings is 1. The van der Waals surface area contributed by atoms with E-state index in [1.165, 1.54) is 11.8 Å². The van der Waals surface area contributed by atoms with E-state index in [-0.39, 0.29) is 12.4 Å². The number of hydrogen-bond donors (Lipinski definition) is 1. The molecule has 3 aromatic rings. The fourth-order valence-electron chi connectivity index (χ4n) is 2.38. The Hall–Kier alpha value is -2.31. The van der Waals surface area contributed by atoms with Gasteiger partial charge in [0.15, 0.2) is 10.9 Å². The van der Waals surface area contributed by atoms with Crippen molar-refractivity contribution in [2.45, 2.75) is 24.6 Å². The molecule has 1 unspecified atom stereocenters. The number of carbonyl (C=O) groups is 1. The van der Waals surface area contributed by atoms with Crippen LogP contribution in [0.1, 0.15) is 23.7 Å². The molecule has 25 heavy (non-hydrogen) atoms. The van der Waals surface area contributed by atoms with Crippen LogP contribution in [0.5, 0.6) is 5.75 Å². The Balaban J connectivity index is 1.49. The number of ether oxygens (including phenoxy) is 1. The minimum atomic E-state index is -0.613. The molecule has 1 N–H and O–H groups in total. The van der Waals surface area contributed by atoms with Gasteiger partial charge in [-0.1, -0.05) is 24.8 Å². The Morgan fingerprint density at radius 1 is 1.28 bits per heavy atom. The van der Waals surface area contributed by atoms with Gasteiger partial charge in [0.1, 0.15) is 12.4 Å². The zero-order chi connectivity index (χ0) is 17.6. The van der Waals surface area contributed by atoms with Crippen molar-refractivity contribution in [1.29, 1.82) is 0 Å². The van der Waals surface area contributed by atoms with Crippen molar-refractivity contribution >= 4 is 23.1 Å². The Labute approximate surface area is 150 Å². The number of carbonyl (C=O) groups excluding carboxylic acids is 1. The number of nitrogens with zero attached hydrogens (tertiary/aromatic N) is 2. The van der Waals surface area contributed by atoms with Gasteiger partial charge in [0.25, 0.3) is 0 Å². The average molecular weight is 356 g/mol. The van der Waals surface area contributed by atoms with Crippen LogP contribution in [-0.2, 0) is 0 Å². The number of aliphatic hydroxyl groups is 1. The van der Waals surface area contributed by atoms with Crippen molar-refractivity contribution in [2.24, 2.45) is 0 Å². The number of ketones is 1. The number of thioether (sulfide) groups is 1. The maximum atomic E-state index is 11.6. The Kier molecular flexibility index (Phi) is 5.73. The van der Waals surface area contributed by atoms with Crippen LogP contribution in [0, 0.1) is 0 Å². The number of pyridine rings is 1.